The highest BCUT2D eigenvalue weighted by atomic mass is 16.2. The third kappa shape index (κ3) is 4.35. The molecule has 2 aromatic heterocycles. The van der Waals surface area contributed by atoms with Crippen LogP contribution in [0.25, 0.3) is 0 Å². The zero-order chi connectivity index (χ0) is 19.5. The van der Waals surface area contributed by atoms with Crippen LogP contribution in [0.2, 0.25) is 0 Å². The summed E-state index contributed by atoms with van der Waals surface area (Å²) < 4.78 is 2.00. The molecule has 0 spiro atoms. The maximum atomic E-state index is 12.9. The van der Waals surface area contributed by atoms with E-state index in [0.717, 1.165) is 50.5 Å². The highest BCUT2D eigenvalue weighted by Gasteiger charge is 2.31. The predicted octanol–water partition coefficient (Wildman–Crippen LogP) is 3.30. The number of carbonyl (C=O) groups excluding carboxylic acids is 1. The lowest BCUT2D eigenvalue weighted by molar-refractivity contribution is 0.210. The summed E-state index contributed by atoms with van der Waals surface area (Å²) in [4.78, 5) is 21.5. The number of amides is 2. The lowest BCUT2D eigenvalue weighted by Crippen LogP contribution is -2.38. The van der Waals surface area contributed by atoms with Crippen molar-refractivity contribution in [2.45, 2.75) is 45.7 Å². The maximum Gasteiger partial charge on any atom is 0.323 e. The van der Waals surface area contributed by atoms with Gasteiger partial charge in [-0.05, 0) is 50.7 Å². The van der Waals surface area contributed by atoms with Gasteiger partial charge in [0.25, 0.3) is 0 Å². The molecule has 2 aromatic rings. The molecule has 28 heavy (non-hydrogen) atoms. The van der Waals surface area contributed by atoms with E-state index < -0.39 is 0 Å². The van der Waals surface area contributed by atoms with E-state index in [-0.39, 0.29) is 6.03 Å². The topological polar surface area (TPSA) is 66.3 Å². The minimum atomic E-state index is -0.0175. The Labute approximate surface area is 166 Å². The van der Waals surface area contributed by atoms with Gasteiger partial charge in [0.05, 0.1) is 12.2 Å². The van der Waals surface area contributed by atoms with Crippen molar-refractivity contribution in [3.63, 3.8) is 0 Å². The van der Waals surface area contributed by atoms with Crippen LogP contribution in [0.1, 0.15) is 43.4 Å². The molecular weight excluding hydrogens is 352 g/mol. The Bertz CT molecular complexity index is 800. The summed E-state index contributed by atoms with van der Waals surface area (Å²) in [6.45, 7) is 8.47. The number of pyridine rings is 1. The van der Waals surface area contributed by atoms with E-state index in [2.05, 4.69) is 33.3 Å². The van der Waals surface area contributed by atoms with Crippen LogP contribution in [0.15, 0.2) is 30.7 Å². The van der Waals surface area contributed by atoms with Crippen molar-refractivity contribution in [1.82, 2.24) is 24.6 Å². The molecule has 1 aliphatic heterocycles. The van der Waals surface area contributed by atoms with Crippen LogP contribution in [0.5, 0.6) is 0 Å². The molecule has 7 heteroatoms. The van der Waals surface area contributed by atoms with Crippen LogP contribution in [0.4, 0.5) is 10.6 Å². The Balaban J connectivity index is 1.36. The normalized spacial score (nSPS) is 19.3. The fourth-order valence-corrected chi connectivity index (χ4v) is 3.95. The molecule has 2 amide bonds. The van der Waals surface area contributed by atoms with Crippen molar-refractivity contribution in [1.29, 1.82) is 0 Å². The van der Waals surface area contributed by atoms with Crippen molar-refractivity contribution < 1.29 is 4.79 Å². The van der Waals surface area contributed by atoms with Gasteiger partial charge in [0.15, 0.2) is 0 Å². The second-order valence-electron chi connectivity index (χ2n) is 8.11. The van der Waals surface area contributed by atoms with Crippen LogP contribution in [-0.2, 0) is 6.54 Å². The number of urea groups is 1. The summed E-state index contributed by atoms with van der Waals surface area (Å²) in [7, 11) is 0. The molecule has 1 aliphatic carbocycles. The van der Waals surface area contributed by atoms with Crippen molar-refractivity contribution in [3.8, 4) is 0 Å². The van der Waals surface area contributed by atoms with Gasteiger partial charge in [0.1, 0.15) is 5.82 Å². The third-order valence-electron chi connectivity index (χ3n) is 5.90. The summed E-state index contributed by atoms with van der Waals surface area (Å²) in [6, 6.07) is 4.40. The predicted molar refractivity (Wildman–Crippen MR) is 109 cm³/mol. The second kappa shape index (κ2) is 8.31. The van der Waals surface area contributed by atoms with Crippen molar-refractivity contribution >= 4 is 11.8 Å². The minimum absolute atomic E-state index is 0.0175. The van der Waals surface area contributed by atoms with Gasteiger partial charge in [0.2, 0.25) is 0 Å². The molecule has 1 saturated carbocycles. The van der Waals surface area contributed by atoms with Crippen LogP contribution in [0.3, 0.4) is 0 Å². The Hall–Kier alpha value is -2.41. The van der Waals surface area contributed by atoms with Gasteiger partial charge in [-0.1, -0.05) is 6.07 Å². The van der Waals surface area contributed by atoms with Gasteiger partial charge in [-0.15, -0.1) is 0 Å². The molecule has 3 heterocycles. The molecule has 7 nitrogen and oxygen atoms in total. The van der Waals surface area contributed by atoms with Crippen molar-refractivity contribution in [3.05, 3.63) is 41.9 Å². The highest BCUT2D eigenvalue weighted by molar-refractivity contribution is 5.89. The number of anilines is 1. The molecule has 1 atom stereocenters. The zero-order valence-corrected chi connectivity index (χ0v) is 16.8. The average molecular weight is 383 g/mol. The van der Waals surface area contributed by atoms with E-state index in [1.54, 1.807) is 6.20 Å². The SMILES string of the molecule is Cc1cnn([C@@H](C)C2CC2)c1NC(=O)N1CCCN(Cc2cccnc2)CC1. The monoisotopic (exact) mass is 382 g/mol. The summed E-state index contributed by atoms with van der Waals surface area (Å²) in [5.41, 5.74) is 2.24. The molecular formula is C21H30N6O. The quantitative estimate of drug-likeness (QED) is 0.862. The van der Waals surface area contributed by atoms with Crippen LogP contribution >= 0.6 is 0 Å². The number of rotatable bonds is 5. The fraction of sp³-hybridized carbons (Fsp3) is 0.571. The Morgan fingerprint density at radius 2 is 2.11 bits per heavy atom. The number of aryl methyl sites for hydroxylation is 1. The number of nitrogens with one attached hydrogen (secondary N) is 1. The third-order valence-corrected chi connectivity index (χ3v) is 5.90. The van der Waals surface area contributed by atoms with Gasteiger partial charge in [-0.2, -0.15) is 5.10 Å². The van der Waals surface area contributed by atoms with E-state index >= 15 is 0 Å². The first-order chi connectivity index (χ1) is 13.6. The number of carbonyl (C=O) groups is 1. The van der Waals surface area contributed by atoms with E-state index in [9.17, 15) is 4.79 Å². The largest absolute Gasteiger partial charge is 0.323 e. The summed E-state index contributed by atoms with van der Waals surface area (Å²) in [6.07, 6.45) is 9.06. The molecule has 0 radical (unpaired) electrons. The first-order valence-electron chi connectivity index (χ1n) is 10.3. The Morgan fingerprint density at radius 1 is 1.25 bits per heavy atom. The molecule has 2 fully saturated rings. The molecule has 4 rings (SSSR count). The zero-order valence-electron chi connectivity index (χ0n) is 16.8. The molecule has 2 aliphatic rings. The maximum absolute atomic E-state index is 12.9. The van der Waals surface area contributed by atoms with E-state index in [1.165, 1.54) is 18.4 Å². The summed E-state index contributed by atoms with van der Waals surface area (Å²) in [5.74, 6) is 1.54. The van der Waals surface area contributed by atoms with E-state index in [4.69, 9.17) is 0 Å². The van der Waals surface area contributed by atoms with Crippen LogP contribution in [0, 0.1) is 12.8 Å². The number of nitrogens with zero attached hydrogens (tertiary/aromatic N) is 5. The number of hydrogen-bond acceptors (Lipinski definition) is 4. The van der Waals surface area contributed by atoms with E-state index in [1.807, 2.05) is 35.0 Å². The fourth-order valence-electron chi connectivity index (χ4n) is 3.95. The van der Waals surface area contributed by atoms with Gasteiger partial charge in [-0.3, -0.25) is 15.2 Å². The van der Waals surface area contributed by atoms with Crippen LogP contribution < -0.4 is 5.32 Å². The number of hydrogen-bond donors (Lipinski definition) is 1. The smallest absolute Gasteiger partial charge is 0.323 e. The van der Waals surface area contributed by atoms with Crippen molar-refractivity contribution in [2.24, 2.45) is 5.92 Å². The first kappa shape index (κ1) is 18.9. The molecule has 0 aromatic carbocycles. The first-order valence-corrected chi connectivity index (χ1v) is 10.3. The second-order valence-corrected chi connectivity index (χ2v) is 8.11. The molecule has 1 N–H and O–H groups in total. The molecule has 1 saturated heterocycles. The standard InChI is InChI=1S/C21H30N6O/c1-16-13-23-27(17(2)19-6-7-19)20(16)24-21(28)26-10-4-9-25(11-12-26)15-18-5-3-8-22-14-18/h3,5,8,13-14,17,19H,4,6-7,9-12,15H2,1-2H3,(H,24,28)/t17-/m0/s1. The summed E-state index contributed by atoms with van der Waals surface area (Å²) >= 11 is 0. The van der Waals surface area contributed by atoms with Gasteiger partial charge < -0.3 is 4.90 Å². The van der Waals surface area contributed by atoms with Crippen LogP contribution in [-0.4, -0.2) is 56.8 Å². The lowest BCUT2D eigenvalue weighted by Gasteiger charge is -2.23. The Morgan fingerprint density at radius 3 is 2.86 bits per heavy atom. The molecule has 0 bridgehead atoms. The van der Waals surface area contributed by atoms with Gasteiger partial charge in [-0.25, -0.2) is 9.48 Å². The molecule has 0 unspecified atom stereocenters. The molecule has 150 valence electrons. The lowest BCUT2D eigenvalue weighted by atomic mass is 10.2. The minimum Gasteiger partial charge on any atom is -0.323 e. The van der Waals surface area contributed by atoms with E-state index in [0.29, 0.717) is 12.0 Å². The van der Waals surface area contributed by atoms with Gasteiger partial charge >= 0.3 is 6.03 Å². The Kier molecular flexibility index (Phi) is 5.62. The summed E-state index contributed by atoms with van der Waals surface area (Å²) in [5, 5.41) is 7.67. The average Bonchev–Trinajstić information content (AvgIpc) is 3.51. The van der Waals surface area contributed by atoms with Crippen molar-refractivity contribution in [2.75, 3.05) is 31.5 Å². The van der Waals surface area contributed by atoms with Gasteiger partial charge in [0, 0.05) is 50.7 Å². The number of aromatic nitrogens is 3. The highest BCUT2D eigenvalue weighted by Crippen LogP contribution is 2.40.